The number of halogens is 3. The number of alkyl halides is 1. The Morgan fingerprint density at radius 3 is 2.70 bits per heavy atom. The summed E-state index contributed by atoms with van der Waals surface area (Å²) in [7, 11) is 0. The summed E-state index contributed by atoms with van der Waals surface area (Å²) in [5, 5.41) is 11.1. The number of hydrogen-bond donors (Lipinski definition) is 0. The summed E-state index contributed by atoms with van der Waals surface area (Å²) >= 11 is 6.36. The van der Waals surface area contributed by atoms with Crippen LogP contribution in [0.1, 0.15) is 5.56 Å². The number of hydrogen-bond acceptors (Lipinski definition) is 3. The lowest BCUT2D eigenvalue weighted by Crippen LogP contribution is -1.94. The van der Waals surface area contributed by atoms with Crippen LogP contribution in [0.2, 0.25) is 0 Å². The van der Waals surface area contributed by atoms with Gasteiger partial charge in [0.15, 0.2) is 0 Å². The SMILES string of the molecule is O=[N+]([O-])c1cc(Br)cc(Oc2cccc(F)c2CBr)c1. The van der Waals surface area contributed by atoms with Crippen molar-refractivity contribution in [1.29, 1.82) is 0 Å². The smallest absolute Gasteiger partial charge is 0.274 e. The highest BCUT2D eigenvalue weighted by atomic mass is 79.9. The topological polar surface area (TPSA) is 52.4 Å². The molecule has 4 nitrogen and oxygen atoms in total. The van der Waals surface area contributed by atoms with E-state index in [2.05, 4.69) is 31.9 Å². The monoisotopic (exact) mass is 403 g/mol. The molecule has 2 rings (SSSR count). The first kappa shape index (κ1) is 14.9. The molecule has 2 aromatic rings. The van der Waals surface area contributed by atoms with Gasteiger partial charge in [-0.15, -0.1) is 0 Å². The Hall–Kier alpha value is -1.47. The van der Waals surface area contributed by atoms with Crippen LogP contribution in [0.15, 0.2) is 40.9 Å². The molecule has 0 aromatic heterocycles. The maximum absolute atomic E-state index is 13.6. The van der Waals surface area contributed by atoms with Gasteiger partial charge in [0.2, 0.25) is 0 Å². The summed E-state index contributed by atoms with van der Waals surface area (Å²) in [5.74, 6) is 0.178. The normalized spacial score (nSPS) is 10.3. The zero-order chi connectivity index (χ0) is 14.7. The number of ether oxygens (including phenoxy) is 1. The van der Waals surface area contributed by atoms with Crippen LogP contribution >= 0.6 is 31.9 Å². The van der Waals surface area contributed by atoms with E-state index >= 15 is 0 Å². The van der Waals surface area contributed by atoms with Gasteiger partial charge in [0.1, 0.15) is 17.3 Å². The average Bonchev–Trinajstić information content (AvgIpc) is 2.38. The lowest BCUT2D eigenvalue weighted by atomic mass is 10.2. The number of nitro groups is 1. The fraction of sp³-hybridized carbons (Fsp3) is 0.0769. The predicted molar refractivity (Wildman–Crippen MR) is 79.9 cm³/mol. The summed E-state index contributed by atoms with van der Waals surface area (Å²) < 4.78 is 19.7. The summed E-state index contributed by atoms with van der Waals surface area (Å²) in [6, 6.07) is 8.68. The molecule has 7 heteroatoms. The molecule has 0 aliphatic rings. The molecule has 0 amide bonds. The Morgan fingerprint density at radius 2 is 2.05 bits per heavy atom. The van der Waals surface area contributed by atoms with Crippen molar-refractivity contribution in [3.63, 3.8) is 0 Å². The molecule has 0 saturated carbocycles. The largest absolute Gasteiger partial charge is 0.457 e. The molecular formula is C13H8Br2FNO3. The summed E-state index contributed by atoms with van der Waals surface area (Å²) in [6.45, 7) is 0. The van der Waals surface area contributed by atoms with Crippen LogP contribution in [0.25, 0.3) is 0 Å². The maximum Gasteiger partial charge on any atom is 0.274 e. The number of nitro benzene ring substituents is 1. The third-order valence-electron chi connectivity index (χ3n) is 2.50. The van der Waals surface area contributed by atoms with Gasteiger partial charge >= 0.3 is 0 Å². The quantitative estimate of drug-likeness (QED) is 0.400. The molecule has 0 bridgehead atoms. The molecule has 0 spiro atoms. The molecule has 0 aliphatic heterocycles. The Morgan fingerprint density at radius 1 is 1.30 bits per heavy atom. The van der Waals surface area contributed by atoms with Gasteiger partial charge in [-0.25, -0.2) is 4.39 Å². The van der Waals surface area contributed by atoms with Crippen LogP contribution in [0.4, 0.5) is 10.1 Å². The van der Waals surface area contributed by atoms with Crippen molar-refractivity contribution >= 4 is 37.5 Å². The van der Waals surface area contributed by atoms with E-state index in [1.807, 2.05) is 0 Å². The van der Waals surface area contributed by atoms with Gasteiger partial charge in [-0.2, -0.15) is 0 Å². The highest BCUT2D eigenvalue weighted by Crippen LogP contribution is 2.32. The van der Waals surface area contributed by atoms with Gasteiger partial charge in [0, 0.05) is 21.4 Å². The molecule has 0 fully saturated rings. The van der Waals surface area contributed by atoms with Crippen LogP contribution in [-0.4, -0.2) is 4.92 Å². The highest BCUT2D eigenvalue weighted by molar-refractivity contribution is 9.10. The van der Waals surface area contributed by atoms with Crippen molar-refractivity contribution in [2.45, 2.75) is 5.33 Å². The van der Waals surface area contributed by atoms with E-state index in [9.17, 15) is 14.5 Å². The Bertz CT molecular complexity index is 664. The van der Waals surface area contributed by atoms with Crippen LogP contribution in [0.5, 0.6) is 11.5 Å². The van der Waals surface area contributed by atoms with Gasteiger partial charge in [0.25, 0.3) is 5.69 Å². The lowest BCUT2D eigenvalue weighted by Gasteiger charge is -2.10. The minimum atomic E-state index is -0.519. The first-order chi connectivity index (χ1) is 9.51. The molecule has 0 aliphatic carbocycles. The molecule has 0 heterocycles. The average molecular weight is 405 g/mol. The summed E-state index contributed by atoms with van der Waals surface area (Å²) in [5.41, 5.74) is 0.251. The fourth-order valence-electron chi connectivity index (χ4n) is 1.60. The molecule has 104 valence electrons. The van der Waals surface area contributed by atoms with Crippen molar-refractivity contribution in [1.82, 2.24) is 0 Å². The number of nitrogens with zero attached hydrogens (tertiary/aromatic N) is 1. The van der Waals surface area contributed by atoms with Crippen LogP contribution in [-0.2, 0) is 5.33 Å². The molecule has 0 saturated heterocycles. The van der Waals surface area contributed by atoms with Crippen molar-refractivity contribution < 1.29 is 14.1 Å². The maximum atomic E-state index is 13.6. The molecular weight excluding hydrogens is 397 g/mol. The zero-order valence-corrected chi connectivity index (χ0v) is 13.1. The molecule has 0 atom stereocenters. The van der Waals surface area contributed by atoms with Gasteiger partial charge in [-0.1, -0.05) is 37.9 Å². The van der Waals surface area contributed by atoms with Gasteiger partial charge < -0.3 is 4.74 Å². The van der Waals surface area contributed by atoms with Crippen molar-refractivity contribution in [3.8, 4) is 11.5 Å². The molecule has 0 radical (unpaired) electrons. The molecule has 0 N–H and O–H groups in total. The van der Waals surface area contributed by atoms with E-state index in [-0.39, 0.29) is 16.8 Å². The molecule has 0 unspecified atom stereocenters. The van der Waals surface area contributed by atoms with Crippen LogP contribution in [0.3, 0.4) is 0 Å². The number of non-ortho nitro benzene ring substituents is 1. The third-order valence-corrected chi connectivity index (χ3v) is 3.52. The summed E-state index contributed by atoms with van der Waals surface area (Å²) in [4.78, 5) is 10.3. The number of rotatable bonds is 4. The van der Waals surface area contributed by atoms with Gasteiger partial charge in [-0.05, 0) is 18.2 Å². The van der Waals surface area contributed by atoms with Gasteiger partial charge in [-0.3, -0.25) is 10.1 Å². The lowest BCUT2D eigenvalue weighted by molar-refractivity contribution is -0.385. The van der Waals surface area contributed by atoms with Crippen molar-refractivity contribution in [3.05, 3.63) is 62.4 Å². The zero-order valence-electron chi connectivity index (χ0n) is 9.98. The van der Waals surface area contributed by atoms with Crippen molar-refractivity contribution in [2.24, 2.45) is 0 Å². The van der Waals surface area contributed by atoms with E-state index in [4.69, 9.17) is 4.74 Å². The Labute approximate surface area is 131 Å². The van der Waals surface area contributed by atoms with Crippen LogP contribution < -0.4 is 4.74 Å². The fourth-order valence-corrected chi connectivity index (χ4v) is 2.61. The number of benzene rings is 2. The Kier molecular flexibility index (Phi) is 4.72. The second-order valence-corrected chi connectivity index (χ2v) is 5.33. The van der Waals surface area contributed by atoms with E-state index < -0.39 is 10.7 Å². The van der Waals surface area contributed by atoms with E-state index in [1.165, 1.54) is 24.3 Å². The molecule has 20 heavy (non-hydrogen) atoms. The highest BCUT2D eigenvalue weighted by Gasteiger charge is 2.13. The minimum absolute atomic E-state index is 0.105. The van der Waals surface area contributed by atoms with Crippen LogP contribution in [0, 0.1) is 15.9 Å². The first-order valence-corrected chi connectivity index (χ1v) is 7.39. The van der Waals surface area contributed by atoms with Crippen molar-refractivity contribution in [2.75, 3.05) is 0 Å². The second-order valence-electron chi connectivity index (χ2n) is 3.85. The predicted octanol–water partition coefficient (Wildman–Crippen LogP) is 5.18. The molecule has 2 aromatic carbocycles. The van der Waals surface area contributed by atoms with E-state index in [1.54, 1.807) is 12.1 Å². The standard InChI is InChI=1S/C13H8Br2FNO3/c14-7-11-12(16)2-1-3-13(11)20-10-5-8(15)4-9(6-10)17(18)19/h1-6H,7H2. The first-order valence-electron chi connectivity index (χ1n) is 5.47. The third kappa shape index (κ3) is 3.34. The van der Waals surface area contributed by atoms with E-state index in [0.29, 0.717) is 15.8 Å². The second kappa shape index (κ2) is 6.32. The van der Waals surface area contributed by atoms with E-state index in [0.717, 1.165) is 0 Å². The summed E-state index contributed by atoms with van der Waals surface area (Å²) in [6.07, 6.45) is 0. The minimum Gasteiger partial charge on any atom is -0.457 e. The Balaban J connectivity index is 2.40. The van der Waals surface area contributed by atoms with Gasteiger partial charge in [0.05, 0.1) is 11.0 Å².